The van der Waals surface area contributed by atoms with E-state index >= 15 is 4.39 Å². The van der Waals surface area contributed by atoms with Crippen LogP contribution in [-0.2, 0) is 32.6 Å². The maximum Gasteiger partial charge on any atom is 0.282 e. The first kappa shape index (κ1) is 32.2. The molecule has 0 radical (unpaired) electrons. The van der Waals surface area contributed by atoms with E-state index in [4.69, 9.17) is 4.74 Å². The number of hydrogen-bond donors (Lipinski definition) is 1. The fraction of sp³-hybridized carbons (Fsp3) is 0.419. The number of halogens is 4. The second-order valence-corrected chi connectivity index (χ2v) is 12.9. The fourth-order valence-electron chi connectivity index (χ4n) is 5.87. The van der Waals surface area contributed by atoms with Gasteiger partial charge in [0, 0.05) is 69.8 Å². The van der Waals surface area contributed by atoms with Crippen molar-refractivity contribution in [3.63, 3.8) is 0 Å². The van der Waals surface area contributed by atoms with Crippen molar-refractivity contribution in [2.75, 3.05) is 45.9 Å². The summed E-state index contributed by atoms with van der Waals surface area (Å²) in [4.78, 5) is 17.3. The van der Waals surface area contributed by atoms with E-state index in [0.717, 1.165) is 24.4 Å². The number of ketones is 1. The summed E-state index contributed by atoms with van der Waals surface area (Å²) in [5, 5.41) is 3.22. The Bertz CT molecular complexity index is 1550. The van der Waals surface area contributed by atoms with E-state index in [1.54, 1.807) is 0 Å². The number of Topliss-reactive ketones (excluding diaryl/α,β-unsaturated/α-hetero) is 1. The molecular weight excluding hydrogens is 600 g/mol. The van der Waals surface area contributed by atoms with Gasteiger partial charge in [-0.3, -0.25) is 9.78 Å². The van der Waals surface area contributed by atoms with Crippen LogP contribution in [0.3, 0.4) is 0 Å². The number of carbonyl (C=O) groups is 1. The molecule has 2 aliphatic rings. The first-order valence-electron chi connectivity index (χ1n) is 14.5. The van der Waals surface area contributed by atoms with Gasteiger partial charge in [-0.15, -0.1) is 0 Å². The highest BCUT2D eigenvalue weighted by Crippen LogP contribution is 2.31. The number of rotatable bonds is 11. The van der Waals surface area contributed by atoms with Crippen LogP contribution in [0.4, 0.5) is 17.6 Å². The van der Waals surface area contributed by atoms with Crippen molar-refractivity contribution in [3.05, 3.63) is 100 Å². The zero-order valence-corrected chi connectivity index (χ0v) is 24.8. The topological polar surface area (TPSA) is 91.8 Å². The predicted molar refractivity (Wildman–Crippen MR) is 155 cm³/mol. The van der Waals surface area contributed by atoms with Crippen LogP contribution in [0.1, 0.15) is 41.0 Å². The Labute approximate surface area is 254 Å². The molecule has 5 rings (SSSR count). The van der Waals surface area contributed by atoms with Crippen molar-refractivity contribution in [2.24, 2.45) is 0 Å². The minimum atomic E-state index is -3.74. The molecule has 2 fully saturated rings. The number of benzene rings is 2. The summed E-state index contributed by atoms with van der Waals surface area (Å²) in [6.45, 7) is 2.36. The molecule has 0 unspecified atom stereocenters. The first-order chi connectivity index (χ1) is 21.1. The summed E-state index contributed by atoms with van der Waals surface area (Å²) in [7, 11) is -3.74. The smallest absolute Gasteiger partial charge is 0.282 e. The van der Waals surface area contributed by atoms with Gasteiger partial charge in [0.15, 0.2) is 0 Å². The largest absolute Gasteiger partial charge is 0.379 e. The van der Waals surface area contributed by atoms with Crippen molar-refractivity contribution in [3.8, 4) is 0 Å². The molecule has 13 heteroatoms. The van der Waals surface area contributed by atoms with Gasteiger partial charge in [0.25, 0.3) is 10.2 Å². The Hall–Kier alpha value is -3.23. The molecule has 2 atom stereocenters. The van der Waals surface area contributed by atoms with E-state index in [0.29, 0.717) is 43.9 Å². The van der Waals surface area contributed by atoms with Crippen LogP contribution in [0.15, 0.2) is 54.9 Å². The number of piperazine rings is 1. The van der Waals surface area contributed by atoms with Crippen LogP contribution in [-0.4, -0.2) is 79.8 Å². The van der Waals surface area contributed by atoms with Crippen LogP contribution >= 0.6 is 0 Å². The molecule has 1 N–H and O–H groups in total. The summed E-state index contributed by atoms with van der Waals surface area (Å²) in [6, 6.07) is 7.90. The normalized spacial score (nSPS) is 19.1. The van der Waals surface area contributed by atoms with Gasteiger partial charge in [-0.25, -0.2) is 17.6 Å². The molecule has 2 aromatic carbocycles. The fourth-order valence-corrected chi connectivity index (χ4v) is 7.66. The maximum absolute atomic E-state index is 15.1. The Balaban J connectivity index is 1.33. The SMILES string of the molecule is O=C(Cc1cncc(F)c1CC[C@H]1CNCCN1S(=O)(=O)N1CCOCC1)C[C@@H](c1ccc(F)cc1)c1cc(F)cc(F)c1. The van der Waals surface area contributed by atoms with E-state index in [1.807, 2.05) is 0 Å². The Morgan fingerprint density at radius 1 is 0.955 bits per heavy atom. The number of carbonyl (C=O) groups excluding carboxylic acids is 1. The lowest BCUT2D eigenvalue weighted by Gasteiger charge is -2.39. The van der Waals surface area contributed by atoms with Crippen molar-refractivity contribution >= 4 is 16.0 Å². The second kappa shape index (κ2) is 14.2. The number of nitrogens with zero attached hydrogens (tertiary/aromatic N) is 3. The van der Waals surface area contributed by atoms with Crippen molar-refractivity contribution in [1.82, 2.24) is 18.9 Å². The van der Waals surface area contributed by atoms with Crippen molar-refractivity contribution < 1.29 is 35.5 Å². The van der Waals surface area contributed by atoms with Gasteiger partial charge in [0.1, 0.15) is 29.1 Å². The van der Waals surface area contributed by atoms with Crippen LogP contribution in [0.25, 0.3) is 0 Å². The van der Waals surface area contributed by atoms with Crippen LogP contribution in [0.2, 0.25) is 0 Å². The average molecular weight is 635 g/mol. The van der Waals surface area contributed by atoms with Crippen molar-refractivity contribution in [1.29, 1.82) is 0 Å². The third kappa shape index (κ3) is 7.70. The molecule has 1 aromatic heterocycles. The van der Waals surface area contributed by atoms with E-state index in [-0.39, 0.29) is 55.8 Å². The summed E-state index contributed by atoms with van der Waals surface area (Å²) >= 11 is 0. The number of ether oxygens (including phenoxy) is 1. The van der Waals surface area contributed by atoms with E-state index in [2.05, 4.69) is 10.3 Å². The Morgan fingerprint density at radius 3 is 2.36 bits per heavy atom. The van der Waals surface area contributed by atoms with E-state index < -0.39 is 45.4 Å². The zero-order chi connectivity index (χ0) is 31.3. The Morgan fingerprint density at radius 2 is 1.66 bits per heavy atom. The molecule has 2 aliphatic heterocycles. The zero-order valence-electron chi connectivity index (χ0n) is 24.0. The highest BCUT2D eigenvalue weighted by Gasteiger charge is 2.37. The average Bonchev–Trinajstić information content (AvgIpc) is 3.00. The highest BCUT2D eigenvalue weighted by atomic mass is 32.2. The number of pyridine rings is 1. The third-order valence-corrected chi connectivity index (χ3v) is 10.2. The first-order valence-corrected chi connectivity index (χ1v) is 15.9. The molecule has 44 heavy (non-hydrogen) atoms. The Kier molecular flexibility index (Phi) is 10.4. The van der Waals surface area contributed by atoms with Crippen LogP contribution in [0, 0.1) is 23.3 Å². The molecule has 0 aliphatic carbocycles. The predicted octanol–water partition coefficient (Wildman–Crippen LogP) is 3.76. The van der Waals surface area contributed by atoms with Gasteiger partial charge in [0.2, 0.25) is 0 Å². The number of nitrogens with one attached hydrogen (secondary N) is 1. The van der Waals surface area contributed by atoms with Gasteiger partial charge in [-0.05, 0) is 59.4 Å². The quantitative estimate of drug-likeness (QED) is 0.323. The molecule has 8 nitrogen and oxygen atoms in total. The minimum absolute atomic E-state index is 0.162. The molecule has 0 saturated carbocycles. The van der Waals surface area contributed by atoms with Gasteiger partial charge < -0.3 is 10.1 Å². The second-order valence-electron chi connectivity index (χ2n) is 11.0. The lowest BCUT2D eigenvalue weighted by atomic mass is 9.85. The van der Waals surface area contributed by atoms with Gasteiger partial charge >= 0.3 is 0 Å². The lowest BCUT2D eigenvalue weighted by molar-refractivity contribution is -0.118. The minimum Gasteiger partial charge on any atom is -0.379 e. The third-order valence-electron chi connectivity index (χ3n) is 8.09. The van der Waals surface area contributed by atoms with E-state index in [9.17, 15) is 26.4 Å². The molecule has 3 heterocycles. The highest BCUT2D eigenvalue weighted by molar-refractivity contribution is 7.86. The number of hydrogen-bond acceptors (Lipinski definition) is 6. The van der Waals surface area contributed by atoms with Crippen LogP contribution < -0.4 is 5.32 Å². The van der Waals surface area contributed by atoms with Crippen molar-refractivity contribution in [2.45, 2.75) is 37.6 Å². The summed E-state index contributed by atoms with van der Waals surface area (Å²) in [5.74, 6) is -3.83. The van der Waals surface area contributed by atoms with Gasteiger partial charge in [-0.2, -0.15) is 17.0 Å². The molecule has 0 amide bonds. The van der Waals surface area contributed by atoms with Gasteiger partial charge in [0.05, 0.1) is 19.4 Å². The lowest BCUT2D eigenvalue weighted by Crippen LogP contribution is -2.58. The maximum atomic E-state index is 15.1. The standard InChI is InChI=1S/C31H34F4N4O4S/c32-24-3-1-21(2-4-24)30(22-13-25(33)16-26(34)14-22)17-28(40)15-23-18-37-20-31(35)29(23)6-5-27-19-36-7-8-39(27)44(41,42)38-9-11-43-12-10-38/h1-4,13-14,16,18,20,27,30,36H,5-12,15,17,19H2/t27-,30-/m0/s1. The molecule has 0 spiro atoms. The summed E-state index contributed by atoms with van der Waals surface area (Å²) in [6.07, 6.45) is 2.55. The van der Waals surface area contributed by atoms with Crippen LogP contribution in [0.5, 0.6) is 0 Å². The molecule has 236 valence electrons. The summed E-state index contributed by atoms with van der Waals surface area (Å²) < 4.78 is 92.0. The monoisotopic (exact) mass is 634 g/mol. The van der Waals surface area contributed by atoms with E-state index in [1.165, 1.54) is 39.1 Å². The van der Waals surface area contributed by atoms with Gasteiger partial charge in [-0.1, -0.05) is 12.1 Å². The number of morpholine rings is 1. The molecular formula is C31H34F4N4O4S. The molecule has 2 saturated heterocycles. The summed E-state index contributed by atoms with van der Waals surface area (Å²) in [5.41, 5.74) is 1.32. The number of aromatic nitrogens is 1. The molecule has 3 aromatic rings. The molecule has 0 bridgehead atoms.